The SMILES string of the molecule is C[C@@H]1CCCCN1CCNCc1cncn1C. The average molecular weight is 236 g/mol. The summed E-state index contributed by atoms with van der Waals surface area (Å²) in [5, 5.41) is 3.49. The summed E-state index contributed by atoms with van der Waals surface area (Å²) >= 11 is 0. The lowest BCUT2D eigenvalue weighted by atomic mass is 10.0. The van der Waals surface area contributed by atoms with E-state index >= 15 is 0 Å². The van der Waals surface area contributed by atoms with Crippen LogP contribution in [0.2, 0.25) is 0 Å². The molecule has 17 heavy (non-hydrogen) atoms. The Labute approximate surface area is 104 Å². The van der Waals surface area contributed by atoms with Gasteiger partial charge in [-0.15, -0.1) is 0 Å². The number of aromatic nitrogens is 2. The summed E-state index contributed by atoms with van der Waals surface area (Å²) in [7, 11) is 2.04. The van der Waals surface area contributed by atoms with Gasteiger partial charge in [-0.2, -0.15) is 0 Å². The minimum atomic E-state index is 0.766. The summed E-state index contributed by atoms with van der Waals surface area (Å²) in [4.78, 5) is 6.71. The molecule has 1 aromatic rings. The van der Waals surface area contributed by atoms with Crippen LogP contribution in [0, 0.1) is 0 Å². The molecule has 0 aromatic carbocycles. The van der Waals surface area contributed by atoms with Crippen molar-refractivity contribution in [2.24, 2.45) is 7.05 Å². The van der Waals surface area contributed by atoms with Crippen molar-refractivity contribution < 1.29 is 0 Å². The van der Waals surface area contributed by atoms with E-state index in [1.165, 1.54) is 38.0 Å². The minimum Gasteiger partial charge on any atom is -0.337 e. The van der Waals surface area contributed by atoms with Gasteiger partial charge >= 0.3 is 0 Å². The van der Waals surface area contributed by atoms with Gasteiger partial charge in [0.15, 0.2) is 0 Å². The van der Waals surface area contributed by atoms with Gasteiger partial charge in [0.1, 0.15) is 0 Å². The van der Waals surface area contributed by atoms with Crippen LogP contribution in [0.1, 0.15) is 31.9 Å². The number of aryl methyl sites for hydroxylation is 1. The molecule has 1 aromatic heterocycles. The molecule has 4 nitrogen and oxygen atoms in total. The fourth-order valence-corrected chi connectivity index (χ4v) is 2.48. The Bertz CT molecular complexity index is 334. The van der Waals surface area contributed by atoms with E-state index in [1.807, 2.05) is 19.6 Å². The van der Waals surface area contributed by atoms with E-state index in [0.717, 1.165) is 19.1 Å². The van der Waals surface area contributed by atoms with Crippen molar-refractivity contribution in [3.8, 4) is 0 Å². The molecule has 0 radical (unpaired) electrons. The van der Waals surface area contributed by atoms with Crippen LogP contribution in [0.25, 0.3) is 0 Å². The first-order chi connectivity index (χ1) is 8.27. The number of hydrogen-bond acceptors (Lipinski definition) is 3. The summed E-state index contributed by atoms with van der Waals surface area (Å²) in [6.45, 7) is 6.77. The number of likely N-dealkylation sites (tertiary alicyclic amines) is 1. The molecular formula is C13H24N4. The Morgan fingerprint density at radius 1 is 1.47 bits per heavy atom. The molecule has 1 N–H and O–H groups in total. The standard InChI is InChI=1S/C13H24N4/c1-12-5-3-4-7-17(12)8-6-14-9-13-10-15-11-16(13)2/h10-12,14H,3-9H2,1-2H3/t12-/m1/s1. The zero-order chi connectivity index (χ0) is 12.1. The monoisotopic (exact) mass is 236 g/mol. The molecule has 4 heteroatoms. The van der Waals surface area contributed by atoms with Gasteiger partial charge in [0.25, 0.3) is 0 Å². The highest BCUT2D eigenvalue weighted by molar-refractivity contribution is 4.96. The van der Waals surface area contributed by atoms with Gasteiger partial charge in [0.2, 0.25) is 0 Å². The highest BCUT2D eigenvalue weighted by Crippen LogP contribution is 2.15. The lowest BCUT2D eigenvalue weighted by Gasteiger charge is -2.33. The maximum atomic E-state index is 4.11. The van der Waals surface area contributed by atoms with Crippen molar-refractivity contribution in [1.29, 1.82) is 0 Å². The molecule has 96 valence electrons. The molecule has 1 fully saturated rings. The second-order valence-corrected chi connectivity index (χ2v) is 5.05. The zero-order valence-corrected chi connectivity index (χ0v) is 11.0. The molecule has 1 aliphatic heterocycles. The molecule has 0 spiro atoms. The summed E-state index contributed by atoms with van der Waals surface area (Å²) in [6, 6.07) is 0.766. The summed E-state index contributed by atoms with van der Waals surface area (Å²) in [5.41, 5.74) is 1.25. The van der Waals surface area contributed by atoms with E-state index in [2.05, 4.69) is 26.7 Å². The summed E-state index contributed by atoms with van der Waals surface area (Å²) < 4.78 is 2.07. The van der Waals surface area contributed by atoms with Crippen molar-refractivity contribution in [2.75, 3.05) is 19.6 Å². The predicted octanol–water partition coefficient (Wildman–Crippen LogP) is 1.38. The van der Waals surface area contributed by atoms with Crippen molar-refractivity contribution in [3.63, 3.8) is 0 Å². The zero-order valence-electron chi connectivity index (χ0n) is 11.0. The Hall–Kier alpha value is -0.870. The van der Waals surface area contributed by atoms with Crippen LogP contribution >= 0.6 is 0 Å². The lowest BCUT2D eigenvalue weighted by Crippen LogP contribution is -2.41. The summed E-state index contributed by atoms with van der Waals surface area (Å²) in [6.07, 6.45) is 7.91. The molecule has 0 bridgehead atoms. The number of imidazole rings is 1. The van der Waals surface area contributed by atoms with E-state index in [1.54, 1.807) is 0 Å². The highest BCUT2D eigenvalue weighted by atomic mass is 15.2. The van der Waals surface area contributed by atoms with E-state index in [-0.39, 0.29) is 0 Å². The fraction of sp³-hybridized carbons (Fsp3) is 0.769. The third-order valence-electron chi connectivity index (χ3n) is 3.74. The number of nitrogens with zero attached hydrogens (tertiary/aromatic N) is 3. The third kappa shape index (κ3) is 3.54. The molecule has 0 saturated carbocycles. The van der Waals surface area contributed by atoms with Crippen LogP contribution in [0.15, 0.2) is 12.5 Å². The number of nitrogens with one attached hydrogen (secondary N) is 1. The van der Waals surface area contributed by atoms with Crippen molar-refractivity contribution >= 4 is 0 Å². The smallest absolute Gasteiger partial charge is 0.0945 e. The van der Waals surface area contributed by atoms with Crippen molar-refractivity contribution in [1.82, 2.24) is 19.8 Å². The molecule has 0 aliphatic carbocycles. The molecule has 2 rings (SSSR count). The van der Waals surface area contributed by atoms with Crippen LogP contribution in [0.3, 0.4) is 0 Å². The average Bonchev–Trinajstić information content (AvgIpc) is 2.73. The number of rotatable bonds is 5. The van der Waals surface area contributed by atoms with Crippen LogP contribution in [0.4, 0.5) is 0 Å². The van der Waals surface area contributed by atoms with E-state index in [4.69, 9.17) is 0 Å². The Morgan fingerprint density at radius 3 is 3.06 bits per heavy atom. The Kier molecular flexibility index (Phi) is 4.57. The van der Waals surface area contributed by atoms with E-state index < -0.39 is 0 Å². The van der Waals surface area contributed by atoms with Gasteiger partial charge in [-0.05, 0) is 26.3 Å². The van der Waals surface area contributed by atoms with Crippen LogP contribution < -0.4 is 5.32 Å². The largest absolute Gasteiger partial charge is 0.337 e. The van der Waals surface area contributed by atoms with Gasteiger partial charge in [-0.3, -0.25) is 4.90 Å². The molecule has 0 amide bonds. The third-order valence-corrected chi connectivity index (χ3v) is 3.74. The second kappa shape index (κ2) is 6.17. The van der Waals surface area contributed by atoms with E-state index in [9.17, 15) is 0 Å². The fourth-order valence-electron chi connectivity index (χ4n) is 2.48. The lowest BCUT2D eigenvalue weighted by molar-refractivity contribution is 0.161. The van der Waals surface area contributed by atoms with Gasteiger partial charge in [0.05, 0.1) is 12.0 Å². The maximum Gasteiger partial charge on any atom is 0.0945 e. The molecule has 1 aliphatic rings. The van der Waals surface area contributed by atoms with Crippen LogP contribution in [-0.2, 0) is 13.6 Å². The normalized spacial score (nSPS) is 21.9. The summed E-state index contributed by atoms with van der Waals surface area (Å²) in [5.74, 6) is 0. The van der Waals surface area contributed by atoms with Crippen molar-refractivity contribution in [3.05, 3.63) is 18.2 Å². The van der Waals surface area contributed by atoms with E-state index in [0.29, 0.717) is 0 Å². The molecule has 1 atom stereocenters. The molecule has 2 heterocycles. The number of piperidine rings is 1. The van der Waals surface area contributed by atoms with Crippen LogP contribution in [0.5, 0.6) is 0 Å². The number of hydrogen-bond donors (Lipinski definition) is 1. The molecular weight excluding hydrogens is 212 g/mol. The first kappa shape index (κ1) is 12.6. The predicted molar refractivity (Wildman–Crippen MR) is 69.8 cm³/mol. The molecule has 0 unspecified atom stereocenters. The first-order valence-electron chi connectivity index (χ1n) is 6.67. The quantitative estimate of drug-likeness (QED) is 0.784. The Balaban J connectivity index is 1.64. The molecule has 1 saturated heterocycles. The minimum absolute atomic E-state index is 0.766. The maximum absolute atomic E-state index is 4.11. The van der Waals surface area contributed by atoms with Gasteiger partial charge in [-0.25, -0.2) is 4.98 Å². The van der Waals surface area contributed by atoms with Crippen LogP contribution in [-0.4, -0.2) is 40.1 Å². The van der Waals surface area contributed by atoms with Crippen molar-refractivity contribution in [2.45, 2.75) is 38.8 Å². The Morgan fingerprint density at radius 2 is 2.35 bits per heavy atom. The highest BCUT2D eigenvalue weighted by Gasteiger charge is 2.16. The van der Waals surface area contributed by atoms with Gasteiger partial charge in [0, 0.05) is 38.9 Å². The first-order valence-corrected chi connectivity index (χ1v) is 6.67. The second-order valence-electron chi connectivity index (χ2n) is 5.05. The van der Waals surface area contributed by atoms with Gasteiger partial charge in [-0.1, -0.05) is 6.42 Å². The topological polar surface area (TPSA) is 33.1 Å². The van der Waals surface area contributed by atoms with Gasteiger partial charge < -0.3 is 9.88 Å².